The van der Waals surface area contributed by atoms with Gasteiger partial charge in [-0.1, -0.05) is 127 Å². The third-order valence-corrected chi connectivity index (χ3v) is 16.3. The average Bonchev–Trinajstić information content (AvgIpc) is 3.84. The van der Waals surface area contributed by atoms with Gasteiger partial charge in [0.1, 0.15) is 0 Å². The maximum Gasteiger partial charge on any atom is 0.333 e. The highest BCUT2D eigenvalue weighted by Crippen LogP contribution is 2.54. The van der Waals surface area contributed by atoms with Gasteiger partial charge in [0.2, 0.25) is 0 Å². The average molecular weight is 761 g/mol. The van der Waals surface area contributed by atoms with E-state index in [1.165, 1.54) is 126 Å². The zero-order chi connectivity index (χ0) is 38.2. The van der Waals surface area contributed by atoms with E-state index in [1.807, 2.05) is 22.7 Å². The van der Waals surface area contributed by atoms with E-state index < -0.39 is 0 Å². The number of aromatic nitrogens is 1. The Labute approximate surface area is 337 Å². The zero-order valence-electron chi connectivity index (χ0n) is 33.5. The van der Waals surface area contributed by atoms with Crippen molar-refractivity contribution >= 4 is 109 Å². The molecule has 3 aromatic heterocycles. The molecule has 5 heteroatoms. The maximum atomic E-state index is 2.76. The fourth-order valence-corrected chi connectivity index (χ4v) is 13.3. The lowest BCUT2D eigenvalue weighted by molar-refractivity contribution is 0.332. The van der Waals surface area contributed by atoms with E-state index in [0.29, 0.717) is 0 Å². The van der Waals surface area contributed by atoms with Crippen LogP contribution in [0.15, 0.2) is 103 Å². The highest BCUT2D eigenvalue weighted by molar-refractivity contribution is 7.27. The van der Waals surface area contributed by atoms with Crippen LogP contribution < -0.4 is 15.8 Å². The molecule has 6 aromatic carbocycles. The molecule has 1 aliphatic carbocycles. The SMILES string of the molecule is Cc1cc2c(cc1N1c3cc(C(C)(C)C)cc4c3B(c3ccc5c(sc6ccccc65)c31)n1c3sc5ccccc5c3c3cccc-4c31)C(C)(C)CCC2(C)C. The van der Waals surface area contributed by atoms with Crippen molar-refractivity contribution in [2.45, 2.75) is 84.5 Å². The molecule has 0 amide bonds. The summed E-state index contributed by atoms with van der Waals surface area (Å²) in [7, 11) is 0. The molecule has 0 radical (unpaired) electrons. The molecule has 0 unspecified atom stereocenters. The lowest BCUT2D eigenvalue weighted by Crippen LogP contribution is -2.56. The van der Waals surface area contributed by atoms with E-state index >= 15 is 0 Å². The number of fused-ring (bicyclic) bond motifs is 14. The molecule has 2 nitrogen and oxygen atoms in total. The minimum absolute atomic E-state index is 0.0335. The molecule has 0 bridgehead atoms. The highest BCUT2D eigenvalue weighted by atomic mass is 32.1. The minimum Gasteiger partial charge on any atom is -0.367 e. The first-order valence-electron chi connectivity index (χ1n) is 20.3. The molecule has 5 heterocycles. The summed E-state index contributed by atoms with van der Waals surface area (Å²) in [6, 6.07) is 40.4. The number of hydrogen-bond donors (Lipinski definition) is 0. The Hall–Kier alpha value is -4.84. The molecule has 0 N–H and O–H groups in total. The summed E-state index contributed by atoms with van der Waals surface area (Å²) >= 11 is 3.93. The fraction of sp³-hybridized carbons (Fsp3) is 0.255. The lowest BCUT2D eigenvalue weighted by atomic mass is 9.45. The Bertz CT molecular complexity index is 3220. The quantitative estimate of drug-likeness (QED) is 0.151. The Morgan fingerprint density at radius 2 is 1.32 bits per heavy atom. The van der Waals surface area contributed by atoms with Gasteiger partial charge in [-0.3, -0.25) is 0 Å². The normalized spacial score (nSPS) is 16.6. The molecule has 0 atom stereocenters. The van der Waals surface area contributed by atoms with Gasteiger partial charge in [0.05, 0.1) is 15.2 Å². The summed E-state index contributed by atoms with van der Waals surface area (Å²) in [5, 5.41) is 6.82. The first-order chi connectivity index (χ1) is 26.8. The van der Waals surface area contributed by atoms with Crippen molar-refractivity contribution in [3.8, 4) is 11.1 Å². The number of hydrogen-bond acceptors (Lipinski definition) is 3. The van der Waals surface area contributed by atoms with Crippen molar-refractivity contribution in [3.05, 3.63) is 125 Å². The number of anilines is 3. The second kappa shape index (κ2) is 10.8. The summed E-state index contributed by atoms with van der Waals surface area (Å²) in [4.78, 5) is 4.11. The van der Waals surface area contributed by atoms with Gasteiger partial charge in [0, 0.05) is 58.8 Å². The zero-order valence-corrected chi connectivity index (χ0v) is 35.2. The second-order valence-electron chi connectivity index (χ2n) is 19.2. The Morgan fingerprint density at radius 3 is 2.07 bits per heavy atom. The van der Waals surface area contributed by atoms with Gasteiger partial charge < -0.3 is 9.38 Å². The number of benzene rings is 6. The highest BCUT2D eigenvalue weighted by Gasteiger charge is 2.46. The molecular weight excluding hydrogens is 716 g/mol. The fourth-order valence-electron chi connectivity index (χ4n) is 10.8. The van der Waals surface area contributed by atoms with Crippen LogP contribution in [0.25, 0.3) is 62.5 Å². The Morgan fingerprint density at radius 1 is 0.643 bits per heavy atom. The molecule has 274 valence electrons. The van der Waals surface area contributed by atoms with Gasteiger partial charge in [-0.25, -0.2) is 0 Å². The van der Waals surface area contributed by atoms with E-state index in [-0.39, 0.29) is 23.1 Å². The monoisotopic (exact) mass is 760 g/mol. The van der Waals surface area contributed by atoms with Crippen LogP contribution >= 0.6 is 22.7 Å². The number of rotatable bonds is 1. The Kier molecular flexibility index (Phi) is 6.40. The van der Waals surface area contributed by atoms with Crippen molar-refractivity contribution in [2.24, 2.45) is 0 Å². The van der Waals surface area contributed by atoms with Crippen LogP contribution in [-0.2, 0) is 16.2 Å². The summed E-state index contributed by atoms with van der Waals surface area (Å²) in [6.45, 7) is 19.4. The predicted molar refractivity (Wildman–Crippen MR) is 247 cm³/mol. The number of nitrogens with zero attached hydrogens (tertiary/aromatic N) is 2. The number of para-hydroxylation sites is 1. The topological polar surface area (TPSA) is 8.17 Å². The second-order valence-corrected chi connectivity index (χ2v) is 21.3. The molecular formula is C51H45BN2S2. The summed E-state index contributed by atoms with van der Waals surface area (Å²) in [6.07, 6.45) is 2.40. The first kappa shape index (κ1) is 33.3. The molecule has 3 aliphatic rings. The van der Waals surface area contributed by atoms with Crippen molar-refractivity contribution in [3.63, 3.8) is 0 Å². The Balaban J connectivity index is 1.29. The largest absolute Gasteiger partial charge is 0.367 e. The van der Waals surface area contributed by atoms with E-state index in [0.717, 1.165) is 0 Å². The van der Waals surface area contributed by atoms with Crippen LogP contribution in [0, 0.1) is 6.92 Å². The van der Waals surface area contributed by atoms with Gasteiger partial charge in [-0.2, -0.15) is 0 Å². The van der Waals surface area contributed by atoms with Crippen LogP contribution in [0.4, 0.5) is 17.1 Å². The summed E-state index contributed by atoms with van der Waals surface area (Å²) in [5.41, 5.74) is 16.9. The molecule has 0 spiro atoms. The predicted octanol–water partition coefficient (Wildman–Crippen LogP) is 13.7. The van der Waals surface area contributed by atoms with Gasteiger partial charge in [0.25, 0.3) is 0 Å². The van der Waals surface area contributed by atoms with Gasteiger partial charge in [-0.05, 0) is 99.0 Å². The van der Waals surface area contributed by atoms with Crippen LogP contribution in [0.1, 0.15) is 83.6 Å². The van der Waals surface area contributed by atoms with Crippen molar-refractivity contribution in [2.75, 3.05) is 4.90 Å². The maximum absolute atomic E-state index is 2.76. The molecule has 56 heavy (non-hydrogen) atoms. The van der Waals surface area contributed by atoms with Crippen LogP contribution in [0.3, 0.4) is 0 Å². The first-order valence-corrected chi connectivity index (χ1v) is 22.0. The molecule has 0 fully saturated rings. The molecule has 9 aromatic rings. The van der Waals surface area contributed by atoms with E-state index in [4.69, 9.17) is 0 Å². The van der Waals surface area contributed by atoms with Crippen molar-refractivity contribution in [1.29, 1.82) is 0 Å². The smallest absolute Gasteiger partial charge is 0.333 e. The molecule has 12 rings (SSSR count). The van der Waals surface area contributed by atoms with Crippen molar-refractivity contribution in [1.82, 2.24) is 4.48 Å². The molecule has 0 saturated heterocycles. The summed E-state index contributed by atoms with van der Waals surface area (Å²) in [5.74, 6) is 0. The van der Waals surface area contributed by atoms with Gasteiger partial charge in [-0.15, -0.1) is 22.7 Å². The standard InChI is InChI=1S/C51H45BN2S2/c1-28-24-36-37(51(7,8)23-22-50(36,5)6)27-39(28)53-40-26-29(49(2,3)4)25-35-31-16-13-17-34-43-33-15-10-12-19-42(33)56-48(43)54(45(31)34)52(44(35)40)38-21-20-32-30-14-9-11-18-41(30)55-47(32)46(38)53/h9-21,24-27H,22-23H2,1-8H3. The number of aryl methyl sites for hydroxylation is 1. The van der Waals surface area contributed by atoms with Crippen LogP contribution in [-0.4, -0.2) is 11.3 Å². The van der Waals surface area contributed by atoms with E-state index in [2.05, 4.69) is 168 Å². The third kappa shape index (κ3) is 4.18. The van der Waals surface area contributed by atoms with Crippen LogP contribution in [0.5, 0.6) is 0 Å². The van der Waals surface area contributed by atoms with E-state index in [9.17, 15) is 0 Å². The van der Waals surface area contributed by atoms with Gasteiger partial charge >= 0.3 is 6.85 Å². The lowest BCUT2D eigenvalue weighted by Gasteiger charge is -2.45. The summed E-state index contributed by atoms with van der Waals surface area (Å²) < 4.78 is 6.84. The van der Waals surface area contributed by atoms with Crippen LogP contribution in [0.2, 0.25) is 0 Å². The van der Waals surface area contributed by atoms with Gasteiger partial charge in [0.15, 0.2) is 0 Å². The molecule has 2 aliphatic heterocycles. The van der Waals surface area contributed by atoms with E-state index in [1.54, 1.807) is 0 Å². The van der Waals surface area contributed by atoms with Crippen molar-refractivity contribution < 1.29 is 0 Å². The molecule has 0 saturated carbocycles. The minimum atomic E-state index is -0.0443. The number of thiophene rings is 2. The third-order valence-electron chi connectivity index (χ3n) is 13.9.